The largest absolute Gasteiger partial charge is 0.311 e. The van der Waals surface area contributed by atoms with E-state index in [1.807, 2.05) is 0 Å². The third-order valence-electron chi connectivity index (χ3n) is 13.9. The molecule has 71 heavy (non-hydrogen) atoms. The molecule has 0 fully saturated rings. The van der Waals surface area contributed by atoms with Gasteiger partial charge in [0.15, 0.2) is 0 Å². The van der Waals surface area contributed by atoms with Crippen LogP contribution in [0.15, 0.2) is 285 Å². The summed E-state index contributed by atoms with van der Waals surface area (Å²) in [6.45, 7) is 0. The number of benzene rings is 12. The van der Waals surface area contributed by atoms with Gasteiger partial charge in [-0.25, -0.2) is 0 Å². The predicted molar refractivity (Wildman–Crippen MR) is 301 cm³/mol. The molecule has 0 saturated carbocycles. The van der Waals surface area contributed by atoms with Crippen LogP contribution in [-0.2, 0) is 0 Å². The Labute approximate surface area is 414 Å². The van der Waals surface area contributed by atoms with E-state index in [0.717, 1.165) is 56.4 Å². The van der Waals surface area contributed by atoms with Crippen LogP contribution >= 0.6 is 0 Å². The lowest BCUT2D eigenvalue weighted by molar-refractivity contribution is 1.18. The zero-order chi connectivity index (χ0) is 47.1. The van der Waals surface area contributed by atoms with Crippen molar-refractivity contribution in [3.8, 4) is 39.1 Å². The second kappa shape index (κ2) is 17.9. The van der Waals surface area contributed by atoms with E-state index in [-0.39, 0.29) is 0 Å². The van der Waals surface area contributed by atoms with Crippen molar-refractivity contribution < 1.29 is 0 Å². The molecular formula is C68H47N3. The van der Waals surface area contributed by atoms with E-state index in [0.29, 0.717) is 0 Å². The monoisotopic (exact) mass is 905 g/mol. The fourth-order valence-electron chi connectivity index (χ4n) is 10.7. The highest BCUT2D eigenvalue weighted by Gasteiger charge is 2.24. The highest BCUT2D eigenvalue weighted by Crippen LogP contribution is 2.49. The Balaban J connectivity index is 1.00. The van der Waals surface area contributed by atoms with E-state index in [1.165, 1.54) is 60.1 Å². The van der Waals surface area contributed by atoms with E-state index in [9.17, 15) is 0 Å². The smallest absolute Gasteiger partial charge is 0.0568 e. The fraction of sp³-hybridized carbons (Fsp3) is 0. The summed E-state index contributed by atoms with van der Waals surface area (Å²) in [5.74, 6) is 0. The highest BCUT2D eigenvalue weighted by molar-refractivity contribution is 6.32. The van der Waals surface area contributed by atoms with Crippen molar-refractivity contribution in [2.45, 2.75) is 0 Å². The van der Waals surface area contributed by atoms with Gasteiger partial charge < -0.3 is 14.4 Å². The van der Waals surface area contributed by atoms with Crippen LogP contribution in [0.25, 0.3) is 82.4 Å². The number of fused-ring (bicyclic) bond motifs is 7. The van der Waals surface area contributed by atoms with Gasteiger partial charge in [-0.05, 0) is 141 Å². The number of hydrogen-bond acceptors (Lipinski definition) is 2. The van der Waals surface area contributed by atoms with Crippen LogP contribution < -0.4 is 9.80 Å². The first-order valence-corrected chi connectivity index (χ1v) is 24.3. The van der Waals surface area contributed by atoms with Gasteiger partial charge in [0.1, 0.15) is 0 Å². The molecule has 0 spiro atoms. The van der Waals surface area contributed by atoms with Crippen molar-refractivity contribution >= 4 is 77.5 Å². The first kappa shape index (κ1) is 41.7. The van der Waals surface area contributed by atoms with Gasteiger partial charge in [0, 0.05) is 50.3 Å². The average molecular weight is 906 g/mol. The summed E-state index contributed by atoms with van der Waals surface area (Å²) in [5, 5.41) is 7.34. The highest BCUT2D eigenvalue weighted by atomic mass is 15.1. The van der Waals surface area contributed by atoms with Crippen molar-refractivity contribution in [3.05, 3.63) is 285 Å². The van der Waals surface area contributed by atoms with Crippen LogP contribution in [0.4, 0.5) is 34.1 Å². The molecule has 0 aliphatic heterocycles. The summed E-state index contributed by atoms with van der Waals surface area (Å²) in [6.07, 6.45) is 0. The third-order valence-corrected chi connectivity index (χ3v) is 13.9. The minimum absolute atomic E-state index is 1.09. The molecule has 0 aliphatic carbocycles. The molecule has 0 unspecified atom stereocenters. The van der Waals surface area contributed by atoms with E-state index in [2.05, 4.69) is 299 Å². The second-order valence-corrected chi connectivity index (χ2v) is 18.1. The average Bonchev–Trinajstić information content (AvgIpc) is 3.79. The number of nitrogens with zero attached hydrogens (tertiary/aromatic N) is 3. The van der Waals surface area contributed by atoms with Crippen LogP contribution in [0.1, 0.15) is 0 Å². The van der Waals surface area contributed by atoms with Crippen molar-refractivity contribution in [2.75, 3.05) is 9.80 Å². The Morgan fingerprint density at radius 3 is 1.20 bits per heavy atom. The zero-order valence-corrected chi connectivity index (χ0v) is 39.0. The lowest BCUT2D eigenvalue weighted by Gasteiger charge is -2.27. The van der Waals surface area contributed by atoms with Crippen molar-refractivity contribution in [2.24, 2.45) is 0 Å². The number of anilines is 6. The molecule has 0 bridgehead atoms. The third kappa shape index (κ3) is 7.49. The SMILES string of the molecule is c1ccc(-c2ccc(N(c3ccccc3)c3cc4c(c5ccccc35)c3c5ccccc5c(-c5cccc(-c6ccc(N(c7ccccc7)c7ccccc7)cc6)c5)cc3n4-c3ccccc3)cc2)cc1. The molecule has 3 heteroatoms. The minimum Gasteiger partial charge on any atom is -0.311 e. The van der Waals surface area contributed by atoms with E-state index < -0.39 is 0 Å². The summed E-state index contributed by atoms with van der Waals surface area (Å²) < 4.78 is 2.49. The minimum atomic E-state index is 1.09. The van der Waals surface area contributed by atoms with Crippen molar-refractivity contribution in [3.63, 3.8) is 0 Å². The van der Waals surface area contributed by atoms with Gasteiger partial charge in [-0.2, -0.15) is 0 Å². The molecule has 1 heterocycles. The maximum Gasteiger partial charge on any atom is 0.0568 e. The number of hydrogen-bond donors (Lipinski definition) is 0. The van der Waals surface area contributed by atoms with Gasteiger partial charge in [-0.3, -0.25) is 0 Å². The summed E-state index contributed by atoms with van der Waals surface area (Å²) in [6, 6.07) is 103. The molecule has 0 saturated heterocycles. The van der Waals surface area contributed by atoms with Crippen molar-refractivity contribution in [1.29, 1.82) is 0 Å². The van der Waals surface area contributed by atoms with E-state index in [1.54, 1.807) is 0 Å². The van der Waals surface area contributed by atoms with Gasteiger partial charge in [0.05, 0.1) is 16.7 Å². The molecule has 334 valence electrons. The fourth-order valence-corrected chi connectivity index (χ4v) is 10.7. The maximum atomic E-state index is 2.49. The molecule has 1 aromatic heterocycles. The summed E-state index contributed by atoms with van der Waals surface area (Å²) in [4.78, 5) is 4.73. The van der Waals surface area contributed by atoms with Crippen LogP contribution in [0, 0.1) is 0 Å². The van der Waals surface area contributed by atoms with Crippen LogP contribution in [0.3, 0.4) is 0 Å². The zero-order valence-electron chi connectivity index (χ0n) is 39.0. The molecular weight excluding hydrogens is 859 g/mol. The Bertz CT molecular complexity index is 3960. The lowest BCUT2D eigenvalue weighted by Crippen LogP contribution is -2.10. The first-order valence-electron chi connectivity index (χ1n) is 24.3. The summed E-state index contributed by atoms with van der Waals surface area (Å²) >= 11 is 0. The molecule has 0 amide bonds. The quantitative estimate of drug-likeness (QED) is 0.135. The van der Waals surface area contributed by atoms with Gasteiger partial charge in [0.25, 0.3) is 0 Å². The number of para-hydroxylation sites is 4. The summed E-state index contributed by atoms with van der Waals surface area (Å²) in [5.41, 5.74) is 17.2. The molecule has 0 N–H and O–H groups in total. The normalized spacial score (nSPS) is 11.4. The summed E-state index contributed by atoms with van der Waals surface area (Å²) in [7, 11) is 0. The predicted octanol–water partition coefficient (Wildman–Crippen LogP) is 19.0. The van der Waals surface area contributed by atoms with E-state index in [4.69, 9.17) is 0 Å². The van der Waals surface area contributed by atoms with Gasteiger partial charge in [-0.15, -0.1) is 0 Å². The molecule has 13 aromatic rings. The molecule has 0 atom stereocenters. The Morgan fingerprint density at radius 2 is 0.620 bits per heavy atom. The lowest BCUT2D eigenvalue weighted by atomic mass is 9.92. The van der Waals surface area contributed by atoms with Gasteiger partial charge >= 0.3 is 0 Å². The van der Waals surface area contributed by atoms with Crippen LogP contribution in [0.2, 0.25) is 0 Å². The number of rotatable bonds is 10. The number of aromatic nitrogens is 1. The standard InChI is InChI=1S/C68H47N3/c1-6-21-48(22-7-1)49-37-43-58(44-38-49)70(55-29-12-4-13-30-55)64-47-66-68(62-36-19-17-34-60(62)64)67-61-35-18-16-33-59(61)63(46-65(67)71(66)56-31-14-5-15-32-56)52-24-20-23-51(45-52)50-39-41-57(42-40-50)69(53-25-8-2-9-26-53)54-27-10-3-11-28-54/h1-47H. The maximum absolute atomic E-state index is 2.49. The Hall–Kier alpha value is -9.44. The van der Waals surface area contributed by atoms with E-state index >= 15 is 0 Å². The molecule has 3 nitrogen and oxygen atoms in total. The first-order chi connectivity index (χ1) is 35.2. The second-order valence-electron chi connectivity index (χ2n) is 18.1. The van der Waals surface area contributed by atoms with Gasteiger partial charge in [0.2, 0.25) is 0 Å². The van der Waals surface area contributed by atoms with Gasteiger partial charge in [-0.1, -0.05) is 194 Å². The molecule has 12 aromatic carbocycles. The van der Waals surface area contributed by atoms with Crippen molar-refractivity contribution in [1.82, 2.24) is 4.57 Å². The Morgan fingerprint density at radius 1 is 0.239 bits per heavy atom. The Kier molecular flexibility index (Phi) is 10.5. The van der Waals surface area contributed by atoms with Crippen LogP contribution in [0.5, 0.6) is 0 Å². The topological polar surface area (TPSA) is 11.4 Å². The molecule has 13 rings (SSSR count). The molecule has 0 aliphatic rings. The van der Waals surface area contributed by atoms with Crippen LogP contribution in [-0.4, -0.2) is 4.57 Å². The molecule has 0 radical (unpaired) electrons.